The summed E-state index contributed by atoms with van der Waals surface area (Å²) in [5.74, 6) is 0.112. The molecule has 0 bridgehead atoms. The first-order valence-corrected chi connectivity index (χ1v) is 4.24. The van der Waals surface area contributed by atoms with Gasteiger partial charge in [-0.25, -0.2) is 0 Å². The Hall–Kier alpha value is -0.610. The third kappa shape index (κ3) is 2.19. The first-order valence-electron chi connectivity index (χ1n) is 4.24. The molecule has 4 heteroatoms. The van der Waals surface area contributed by atoms with Crippen molar-refractivity contribution in [3.8, 4) is 0 Å². The van der Waals surface area contributed by atoms with Crippen LogP contribution in [0.1, 0.15) is 6.92 Å². The lowest BCUT2D eigenvalue weighted by Gasteiger charge is -2.18. The predicted octanol–water partition coefficient (Wildman–Crippen LogP) is -0.368. The normalized spacial score (nSPS) is 31.4. The van der Waals surface area contributed by atoms with Crippen LogP contribution in [-0.2, 0) is 14.3 Å². The van der Waals surface area contributed by atoms with Gasteiger partial charge in [0, 0.05) is 20.0 Å². The van der Waals surface area contributed by atoms with Crippen LogP contribution in [-0.4, -0.2) is 49.3 Å². The lowest BCUT2D eigenvalue weighted by molar-refractivity contribution is -0.129. The van der Waals surface area contributed by atoms with Crippen molar-refractivity contribution in [2.45, 2.75) is 19.1 Å². The van der Waals surface area contributed by atoms with Crippen LogP contribution in [0.5, 0.6) is 0 Å². The van der Waals surface area contributed by atoms with E-state index in [1.165, 1.54) is 0 Å². The first kappa shape index (κ1) is 8.01. The van der Waals surface area contributed by atoms with Crippen molar-refractivity contribution in [3.63, 3.8) is 0 Å². The molecule has 0 aromatic rings. The van der Waals surface area contributed by atoms with Gasteiger partial charge in [0.2, 0.25) is 5.91 Å². The van der Waals surface area contributed by atoms with Crippen molar-refractivity contribution >= 4 is 5.91 Å². The lowest BCUT2D eigenvalue weighted by Crippen LogP contribution is -2.35. The molecule has 1 amide bonds. The Morgan fingerprint density at radius 2 is 1.75 bits per heavy atom. The molecule has 2 aliphatic heterocycles. The van der Waals surface area contributed by atoms with Crippen LogP contribution in [0.2, 0.25) is 0 Å². The molecule has 2 fully saturated rings. The van der Waals surface area contributed by atoms with Gasteiger partial charge >= 0.3 is 0 Å². The molecule has 12 heavy (non-hydrogen) atoms. The Labute approximate surface area is 71.4 Å². The average molecular weight is 171 g/mol. The standard InChI is InChI=1S/C8H13NO3/c1-6(10)9(2-7-4-11-7)3-8-5-12-8/h7-8H,2-5H2,1H3. The van der Waals surface area contributed by atoms with Crippen LogP contribution in [0.3, 0.4) is 0 Å². The lowest BCUT2D eigenvalue weighted by atomic mass is 10.3. The second kappa shape index (κ2) is 3.03. The topological polar surface area (TPSA) is 45.4 Å². The summed E-state index contributed by atoms with van der Waals surface area (Å²) in [5.41, 5.74) is 0. The van der Waals surface area contributed by atoms with E-state index in [0.29, 0.717) is 0 Å². The predicted molar refractivity (Wildman–Crippen MR) is 41.7 cm³/mol. The zero-order chi connectivity index (χ0) is 8.55. The fourth-order valence-electron chi connectivity index (χ4n) is 1.17. The molecule has 2 atom stereocenters. The van der Waals surface area contributed by atoms with Gasteiger partial charge in [-0.2, -0.15) is 0 Å². The van der Waals surface area contributed by atoms with Gasteiger partial charge in [0.25, 0.3) is 0 Å². The molecule has 68 valence electrons. The molecule has 0 saturated carbocycles. The van der Waals surface area contributed by atoms with E-state index in [-0.39, 0.29) is 18.1 Å². The number of ether oxygens (including phenoxy) is 2. The quantitative estimate of drug-likeness (QED) is 0.542. The SMILES string of the molecule is CC(=O)N(CC1CO1)CC1CO1. The van der Waals surface area contributed by atoms with Crippen LogP contribution < -0.4 is 0 Å². The molecule has 2 unspecified atom stereocenters. The van der Waals surface area contributed by atoms with Crippen LogP contribution in [0, 0.1) is 0 Å². The first-order chi connectivity index (χ1) is 5.75. The largest absolute Gasteiger partial charge is 0.371 e. The molecule has 0 aromatic heterocycles. The zero-order valence-electron chi connectivity index (χ0n) is 7.16. The Morgan fingerprint density at radius 1 is 1.33 bits per heavy atom. The van der Waals surface area contributed by atoms with Gasteiger partial charge in [0.1, 0.15) is 0 Å². The number of amides is 1. The summed E-state index contributed by atoms with van der Waals surface area (Å²) in [4.78, 5) is 12.9. The van der Waals surface area contributed by atoms with E-state index in [9.17, 15) is 4.79 Å². The Morgan fingerprint density at radius 3 is 2.00 bits per heavy atom. The molecule has 0 aliphatic carbocycles. The maximum absolute atomic E-state index is 11.1. The fourth-order valence-corrected chi connectivity index (χ4v) is 1.17. The molecule has 2 rings (SSSR count). The summed E-state index contributed by atoms with van der Waals surface area (Å²) in [7, 11) is 0. The summed E-state index contributed by atoms with van der Waals surface area (Å²) < 4.78 is 10.1. The second-order valence-corrected chi connectivity index (χ2v) is 3.33. The third-order valence-corrected chi connectivity index (χ3v) is 2.10. The molecule has 2 saturated heterocycles. The minimum atomic E-state index is 0.112. The van der Waals surface area contributed by atoms with Crippen LogP contribution in [0.25, 0.3) is 0 Å². The van der Waals surface area contributed by atoms with Crippen LogP contribution >= 0.6 is 0 Å². The summed E-state index contributed by atoms with van der Waals surface area (Å²) in [5, 5.41) is 0. The minimum Gasteiger partial charge on any atom is -0.371 e. The molecule has 0 radical (unpaired) electrons. The maximum Gasteiger partial charge on any atom is 0.219 e. The van der Waals surface area contributed by atoms with E-state index in [1.54, 1.807) is 11.8 Å². The van der Waals surface area contributed by atoms with E-state index in [4.69, 9.17) is 9.47 Å². The Balaban J connectivity index is 1.77. The molecule has 2 aliphatic rings. The minimum absolute atomic E-state index is 0.112. The fraction of sp³-hybridized carbons (Fsp3) is 0.875. The highest BCUT2D eigenvalue weighted by Gasteiger charge is 2.31. The number of hydrogen-bond donors (Lipinski definition) is 0. The molecule has 0 N–H and O–H groups in total. The van der Waals surface area contributed by atoms with Gasteiger partial charge in [-0.05, 0) is 0 Å². The summed E-state index contributed by atoms with van der Waals surface area (Å²) in [6.07, 6.45) is 0.570. The molecule has 2 heterocycles. The highest BCUT2D eigenvalue weighted by atomic mass is 16.6. The van der Waals surface area contributed by atoms with Gasteiger partial charge in [-0.3, -0.25) is 4.79 Å². The van der Waals surface area contributed by atoms with Crippen molar-refractivity contribution in [1.82, 2.24) is 4.90 Å². The Kier molecular flexibility index (Phi) is 2.02. The number of rotatable bonds is 4. The highest BCUT2D eigenvalue weighted by molar-refractivity contribution is 5.73. The molecule has 0 aromatic carbocycles. The van der Waals surface area contributed by atoms with Crippen molar-refractivity contribution in [1.29, 1.82) is 0 Å². The number of epoxide rings is 2. The smallest absolute Gasteiger partial charge is 0.219 e. The zero-order valence-corrected chi connectivity index (χ0v) is 7.16. The summed E-state index contributed by atoms with van der Waals surface area (Å²) in [6, 6.07) is 0. The third-order valence-electron chi connectivity index (χ3n) is 2.10. The van der Waals surface area contributed by atoms with E-state index < -0.39 is 0 Å². The van der Waals surface area contributed by atoms with E-state index in [2.05, 4.69) is 0 Å². The molecule has 4 nitrogen and oxygen atoms in total. The van der Waals surface area contributed by atoms with Crippen molar-refractivity contribution in [3.05, 3.63) is 0 Å². The second-order valence-electron chi connectivity index (χ2n) is 3.33. The van der Waals surface area contributed by atoms with Crippen LogP contribution in [0.4, 0.5) is 0 Å². The van der Waals surface area contributed by atoms with E-state index in [0.717, 1.165) is 26.3 Å². The van der Waals surface area contributed by atoms with Crippen LogP contribution in [0.15, 0.2) is 0 Å². The number of nitrogens with zero attached hydrogens (tertiary/aromatic N) is 1. The van der Waals surface area contributed by atoms with E-state index in [1.807, 2.05) is 0 Å². The van der Waals surface area contributed by atoms with Gasteiger partial charge in [0.15, 0.2) is 0 Å². The summed E-state index contributed by atoms with van der Waals surface area (Å²) >= 11 is 0. The summed E-state index contributed by atoms with van der Waals surface area (Å²) in [6.45, 7) is 4.65. The van der Waals surface area contributed by atoms with Crippen molar-refractivity contribution < 1.29 is 14.3 Å². The van der Waals surface area contributed by atoms with Gasteiger partial charge in [0.05, 0.1) is 25.4 Å². The molecular weight excluding hydrogens is 158 g/mol. The van der Waals surface area contributed by atoms with Gasteiger partial charge in [-0.15, -0.1) is 0 Å². The van der Waals surface area contributed by atoms with Crippen molar-refractivity contribution in [2.24, 2.45) is 0 Å². The number of carbonyl (C=O) groups excluding carboxylic acids is 1. The Bertz CT molecular complexity index is 173. The monoisotopic (exact) mass is 171 g/mol. The van der Waals surface area contributed by atoms with Gasteiger partial charge in [-0.1, -0.05) is 0 Å². The van der Waals surface area contributed by atoms with Crippen molar-refractivity contribution in [2.75, 3.05) is 26.3 Å². The highest BCUT2D eigenvalue weighted by Crippen LogP contribution is 2.15. The van der Waals surface area contributed by atoms with Gasteiger partial charge < -0.3 is 14.4 Å². The number of carbonyl (C=O) groups is 1. The molecular formula is C8H13NO3. The van der Waals surface area contributed by atoms with E-state index >= 15 is 0 Å². The number of hydrogen-bond acceptors (Lipinski definition) is 3. The average Bonchev–Trinajstić information content (AvgIpc) is 2.78. The molecule has 0 spiro atoms. The maximum atomic E-state index is 11.1.